The molecule has 0 radical (unpaired) electrons. The highest BCUT2D eigenvalue weighted by molar-refractivity contribution is 7.92. The van der Waals surface area contributed by atoms with Crippen molar-refractivity contribution in [3.05, 3.63) is 0 Å². The summed E-state index contributed by atoms with van der Waals surface area (Å²) in [4.78, 5) is 33.6. The van der Waals surface area contributed by atoms with Crippen molar-refractivity contribution in [2.75, 3.05) is 18.6 Å². The number of sulfone groups is 1. The Bertz CT molecular complexity index is 475. The average Bonchev–Trinajstić information content (AvgIpc) is 2.36. The standard InChI is InChI=1S/C12H23N3O5S/c1-4-9(2)14-11(17)8-21(19,20)7-5-6-10(16)15-12(18)13-3/h9H,4-8H2,1-3H3,(H,14,17)(H2,13,15,16,18). The Labute approximate surface area is 125 Å². The normalized spacial score (nSPS) is 12.3. The van der Waals surface area contributed by atoms with Crippen molar-refractivity contribution in [3.63, 3.8) is 0 Å². The number of hydrogen-bond acceptors (Lipinski definition) is 5. The molecule has 0 saturated heterocycles. The summed E-state index contributed by atoms with van der Waals surface area (Å²) in [5, 5.41) is 6.81. The van der Waals surface area contributed by atoms with Gasteiger partial charge in [-0.15, -0.1) is 0 Å². The van der Waals surface area contributed by atoms with Crippen molar-refractivity contribution in [3.8, 4) is 0 Å². The lowest BCUT2D eigenvalue weighted by molar-refractivity contribution is -0.120. The monoisotopic (exact) mass is 321 g/mol. The van der Waals surface area contributed by atoms with Crippen molar-refractivity contribution in [1.29, 1.82) is 0 Å². The van der Waals surface area contributed by atoms with Crippen LogP contribution in [0.1, 0.15) is 33.1 Å². The van der Waals surface area contributed by atoms with Crippen molar-refractivity contribution in [2.45, 2.75) is 39.2 Å². The molecule has 0 aromatic carbocycles. The second kappa shape index (κ2) is 9.32. The molecule has 3 N–H and O–H groups in total. The Morgan fingerprint density at radius 2 is 1.76 bits per heavy atom. The third kappa shape index (κ3) is 9.83. The fourth-order valence-electron chi connectivity index (χ4n) is 1.39. The molecule has 122 valence electrons. The molecule has 0 aromatic rings. The molecule has 8 nitrogen and oxygen atoms in total. The molecule has 0 aromatic heterocycles. The molecule has 0 rings (SSSR count). The van der Waals surface area contributed by atoms with Gasteiger partial charge in [-0.05, 0) is 19.8 Å². The second-order valence-electron chi connectivity index (χ2n) is 4.70. The molecule has 0 bridgehead atoms. The van der Waals surface area contributed by atoms with Gasteiger partial charge in [-0.25, -0.2) is 13.2 Å². The highest BCUT2D eigenvalue weighted by atomic mass is 32.2. The maximum Gasteiger partial charge on any atom is 0.321 e. The second-order valence-corrected chi connectivity index (χ2v) is 6.88. The van der Waals surface area contributed by atoms with E-state index in [0.29, 0.717) is 6.42 Å². The summed E-state index contributed by atoms with van der Waals surface area (Å²) in [5.41, 5.74) is 0. The van der Waals surface area contributed by atoms with Crippen LogP contribution in [-0.4, -0.2) is 50.9 Å². The highest BCUT2D eigenvalue weighted by Crippen LogP contribution is 1.99. The van der Waals surface area contributed by atoms with Gasteiger partial charge in [0.1, 0.15) is 5.75 Å². The molecule has 0 spiro atoms. The van der Waals surface area contributed by atoms with E-state index in [1.165, 1.54) is 7.05 Å². The minimum absolute atomic E-state index is 0.0573. The van der Waals surface area contributed by atoms with E-state index in [-0.39, 0.29) is 24.6 Å². The van der Waals surface area contributed by atoms with Crippen LogP contribution in [0.4, 0.5) is 4.79 Å². The molecule has 0 aliphatic heterocycles. The van der Waals surface area contributed by atoms with Gasteiger partial charge in [-0.1, -0.05) is 6.92 Å². The van der Waals surface area contributed by atoms with E-state index in [9.17, 15) is 22.8 Å². The molecular weight excluding hydrogens is 298 g/mol. The fourth-order valence-corrected chi connectivity index (χ4v) is 2.61. The Balaban J connectivity index is 4.11. The minimum atomic E-state index is -3.56. The number of carbonyl (C=O) groups is 3. The van der Waals surface area contributed by atoms with Gasteiger partial charge in [0, 0.05) is 19.5 Å². The molecule has 0 heterocycles. The van der Waals surface area contributed by atoms with E-state index in [2.05, 4.69) is 10.6 Å². The molecule has 4 amide bonds. The smallest absolute Gasteiger partial charge is 0.321 e. The quantitative estimate of drug-likeness (QED) is 0.559. The maximum absolute atomic E-state index is 11.7. The van der Waals surface area contributed by atoms with Crippen LogP contribution >= 0.6 is 0 Å². The Morgan fingerprint density at radius 1 is 1.14 bits per heavy atom. The maximum atomic E-state index is 11.7. The highest BCUT2D eigenvalue weighted by Gasteiger charge is 2.18. The van der Waals surface area contributed by atoms with Crippen molar-refractivity contribution < 1.29 is 22.8 Å². The van der Waals surface area contributed by atoms with Crippen molar-refractivity contribution >= 4 is 27.7 Å². The van der Waals surface area contributed by atoms with Crippen molar-refractivity contribution in [2.24, 2.45) is 0 Å². The van der Waals surface area contributed by atoms with E-state index >= 15 is 0 Å². The molecular formula is C12H23N3O5S. The lowest BCUT2D eigenvalue weighted by Crippen LogP contribution is -2.38. The largest absolute Gasteiger partial charge is 0.353 e. The lowest BCUT2D eigenvalue weighted by Gasteiger charge is -2.11. The van der Waals surface area contributed by atoms with Crippen LogP contribution in [-0.2, 0) is 19.4 Å². The van der Waals surface area contributed by atoms with Crippen LogP contribution in [0, 0.1) is 0 Å². The molecule has 0 saturated carbocycles. The van der Waals surface area contributed by atoms with Gasteiger partial charge in [-0.2, -0.15) is 0 Å². The van der Waals surface area contributed by atoms with E-state index in [1.54, 1.807) is 6.92 Å². The Hall–Kier alpha value is -1.64. The predicted molar refractivity (Wildman–Crippen MR) is 78.4 cm³/mol. The topological polar surface area (TPSA) is 121 Å². The Kier molecular flexibility index (Phi) is 8.60. The molecule has 0 fully saturated rings. The zero-order valence-corrected chi connectivity index (χ0v) is 13.4. The summed E-state index contributed by atoms with van der Waals surface area (Å²) < 4.78 is 23.4. The number of imide groups is 1. The van der Waals surface area contributed by atoms with Crippen LogP contribution in [0.25, 0.3) is 0 Å². The first-order valence-electron chi connectivity index (χ1n) is 6.71. The predicted octanol–water partition coefficient (Wildman–Crippen LogP) is -0.448. The van der Waals surface area contributed by atoms with Crippen LogP contribution in [0.2, 0.25) is 0 Å². The first kappa shape index (κ1) is 19.4. The van der Waals surface area contributed by atoms with Crippen LogP contribution in [0.15, 0.2) is 0 Å². The molecule has 0 aliphatic carbocycles. The first-order chi connectivity index (χ1) is 9.70. The summed E-state index contributed by atoms with van der Waals surface area (Å²) in [7, 11) is -2.19. The number of hydrogen-bond donors (Lipinski definition) is 3. The van der Waals surface area contributed by atoms with E-state index in [1.807, 2.05) is 12.2 Å². The van der Waals surface area contributed by atoms with E-state index in [0.717, 1.165) is 0 Å². The van der Waals surface area contributed by atoms with Crippen LogP contribution in [0.3, 0.4) is 0 Å². The Morgan fingerprint density at radius 3 is 2.29 bits per heavy atom. The number of rotatable bonds is 8. The average molecular weight is 321 g/mol. The molecule has 1 unspecified atom stereocenters. The molecule has 9 heteroatoms. The van der Waals surface area contributed by atoms with Gasteiger partial charge in [0.05, 0.1) is 5.75 Å². The molecule has 1 atom stereocenters. The fraction of sp³-hybridized carbons (Fsp3) is 0.750. The SMILES string of the molecule is CCC(C)NC(=O)CS(=O)(=O)CCCC(=O)NC(=O)NC. The van der Waals surface area contributed by atoms with E-state index < -0.39 is 33.4 Å². The van der Waals surface area contributed by atoms with Crippen LogP contribution in [0.5, 0.6) is 0 Å². The van der Waals surface area contributed by atoms with Crippen LogP contribution < -0.4 is 16.0 Å². The van der Waals surface area contributed by atoms with Gasteiger partial charge >= 0.3 is 6.03 Å². The molecule has 0 aliphatic rings. The summed E-state index contributed by atoms with van der Waals surface area (Å²) in [5.74, 6) is -1.97. The third-order valence-corrected chi connectivity index (χ3v) is 4.32. The summed E-state index contributed by atoms with van der Waals surface area (Å²) in [6.45, 7) is 3.66. The lowest BCUT2D eigenvalue weighted by atomic mass is 10.3. The number of carbonyl (C=O) groups excluding carboxylic acids is 3. The summed E-state index contributed by atoms with van der Waals surface area (Å²) >= 11 is 0. The van der Waals surface area contributed by atoms with E-state index in [4.69, 9.17) is 0 Å². The number of amides is 4. The zero-order valence-electron chi connectivity index (χ0n) is 12.6. The van der Waals surface area contributed by atoms with Gasteiger partial charge < -0.3 is 10.6 Å². The van der Waals surface area contributed by atoms with Crippen molar-refractivity contribution in [1.82, 2.24) is 16.0 Å². The van der Waals surface area contributed by atoms with Gasteiger partial charge in [0.2, 0.25) is 11.8 Å². The van der Waals surface area contributed by atoms with Gasteiger partial charge in [0.15, 0.2) is 9.84 Å². The number of nitrogens with one attached hydrogen (secondary N) is 3. The zero-order chi connectivity index (χ0) is 16.5. The summed E-state index contributed by atoms with van der Waals surface area (Å²) in [6.07, 6.45) is 0.673. The minimum Gasteiger partial charge on any atom is -0.353 e. The first-order valence-corrected chi connectivity index (χ1v) is 8.53. The van der Waals surface area contributed by atoms with Gasteiger partial charge in [-0.3, -0.25) is 14.9 Å². The number of urea groups is 1. The third-order valence-electron chi connectivity index (χ3n) is 2.71. The molecule has 21 heavy (non-hydrogen) atoms. The summed E-state index contributed by atoms with van der Waals surface area (Å²) in [6, 6.07) is -0.721. The van der Waals surface area contributed by atoms with Gasteiger partial charge in [0.25, 0.3) is 0 Å².